The van der Waals surface area contributed by atoms with Crippen LogP contribution in [0.1, 0.15) is 29.4 Å². The first-order valence-corrected chi connectivity index (χ1v) is 8.83. The third-order valence-corrected chi connectivity index (χ3v) is 4.09. The quantitative estimate of drug-likeness (QED) is 0.634. The zero-order valence-electron chi connectivity index (χ0n) is 16.7. The van der Waals surface area contributed by atoms with Gasteiger partial charge in [0.1, 0.15) is 34.7 Å². The van der Waals surface area contributed by atoms with Crippen molar-refractivity contribution in [1.29, 1.82) is 0 Å². The Kier molecular flexibility index (Phi) is 7.45. The van der Waals surface area contributed by atoms with Gasteiger partial charge in [0.2, 0.25) is 0 Å². The molecule has 1 heterocycles. The highest BCUT2D eigenvalue weighted by atomic mass is 16.5. The van der Waals surface area contributed by atoms with E-state index in [1.165, 1.54) is 7.11 Å². The van der Waals surface area contributed by atoms with Crippen LogP contribution in [0.5, 0.6) is 17.2 Å². The first-order valence-electron chi connectivity index (χ1n) is 8.83. The van der Waals surface area contributed by atoms with Gasteiger partial charge >= 0.3 is 5.97 Å². The molecule has 0 fully saturated rings. The summed E-state index contributed by atoms with van der Waals surface area (Å²) in [5.41, 5.74) is 1.11. The van der Waals surface area contributed by atoms with Gasteiger partial charge in [-0.25, -0.2) is 9.78 Å². The minimum atomic E-state index is -1.15. The third-order valence-electron chi connectivity index (χ3n) is 4.09. The van der Waals surface area contributed by atoms with Gasteiger partial charge in [-0.05, 0) is 25.5 Å². The van der Waals surface area contributed by atoms with E-state index in [4.69, 9.17) is 18.9 Å². The molecule has 0 aliphatic heterocycles. The molecular weight excluding hydrogens is 364 g/mol. The van der Waals surface area contributed by atoms with Gasteiger partial charge in [-0.1, -0.05) is 6.92 Å². The molecule has 2 rings (SSSR count). The molecule has 0 amide bonds. The summed E-state index contributed by atoms with van der Waals surface area (Å²) in [4.78, 5) is 16.3. The van der Waals surface area contributed by atoms with E-state index in [-0.39, 0.29) is 23.2 Å². The number of nitrogens with one attached hydrogen (secondary N) is 1. The SMILES string of the molecule is CCC(COC)Oc1cc(C)nc(Nc2ccc(OC)cc2OC)c1C(=O)O. The number of nitrogens with zero attached hydrogens (tertiary/aromatic N) is 1. The summed E-state index contributed by atoms with van der Waals surface area (Å²) in [7, 11) is 4.65. The van der Waals surface area contributed by atoms with Gasteiger partial charge < -0.3 is 29.4 Å². The lowest BCUT2D eigenvalue weighted by molar-refractivity contribution is 0.0654. The van der Waals surface area contributed by atoms with E-state index < -0.39 is 5.97 Å². The van der Waals surface area contributed by atoms with Crippen molar-refractivity contribution < 1.29 is 28.8 Å². The topological polar surface area (TPSA) is 99.1 Å². The van der Waals surface area contributed by atoms with Crippen LogP contribution in [0.4, 0.5) is 11.5 Å². The fourth-order valence-corrected chi connectivity index (χ4v) is 2.66. The number of hydrogen-bond donors (Lipinski definition) is 2. The maximum absolute atomic E-state index is 12.0. The second-order valence-corrected chi connectivity index (χ2v) is 6.09. The minimum absolute atomic E-state index is 0.0574. The Balaban J connectivity index is 2.48. The van der Waals surface area contributed by atoms with E-state index in [9.17, 15) is 9.90 Å². The summed E-state index contributed by atoms with van der Waals surface area (Å²) in [6.07, 6.45) is 0.400. The van der Waals surface area contributed by atoms with Crippen LogP contribution in [0.25, 0.3) is 0 Å². The smallest absolute Gasteiger partial charge is 0.343 e. The highest BCUT2D eigenvalue weighted by molar-refractivity contribution is 5.97. The number of carboxylic acids is 1. The highest BCUT2D eigenvalue weighted by Crippen LogP contribution is 2.34. The number of ether oxygens (including phenoxy) is 4. The van der Waals surface area contributed by atoms with Gasteiger partial charge in [-0.3, -0.25) is 0 Å². The fraction of sp³-hybridized carbons (Fsp3) is 0.400. The van der Waals surface area contributed by atoms with Gasteiger partial charge in [0.05, 0.1) is 26.5 Å². The zero-order valence-corrected chi connectivity index (χ0v) is 16.7. The average Bonchev–Trinajstić information content (AvgIpc) is 2.67. The number of carbonyl (C=O) groups is 1. The van der Waals surface area contributed by atoms with E-state index in [0.29, 0.717) is 35.9 Å². The number of benzene rings is 1. The maximum Gasteiger partial charge on any atom is 0.343 e. The normalized spacial score (nSPS) is 11.6. The van der Waals surface area contributed by atoms with Crippen molar-refractivity contribution in [3.63, 3.8) is 0 Å². The molecule has 0 aliphatic rings. The molecule has 1 aromatic heterocycles. The maximum atomic E-state index is 12.0. The molecule has 0 radical (unpaired) electrons. The van der Waals surface area contributed by atoms with Crippen LogP contribution in [-0.2, 0) is 4.74 Å². The van der Waals surface area contributed by atoms with Crippen LogP contribution in [0.3, 0.4) is 0 Å². The monoisotopic (exact) mass is 390 g/mol. The molecule has 0 aliphatic carbocycles. The Morgan fingerprint density at radius 2 is 1.93 bits per heavy atom. The Morgan fingerprint density at radius 1 is 1.18 bits per heavy atom. The van der Waals surface area contributed by atoms with E-state index in [2.05, 4.69) is 10.3 Å². The summed E-state index contributed by atoms with van der Waals surface area (Å²) in [6, 6.07) is 6.78. The molecule has 0 saturated carbocycles. The van der Waals surface area contributed by atoms with E-state index in [1.807, 2.05) is 6.92 Å². The molecule has 0 spiro atoms. The van der Waals surface area contributed by atoms with Crippen molar-refractivity contribution in [2.24, 2.45) is 0 Å². The lowest BCUT2D eigenvalue weighted by Gasteiger charge is -2.20. The molecule has 0 bridgehead atoms. The molecule has 1 unspecified atom stereocenters. The molecule has 28 heavy (non-hydrogen) atoms. The summed E-state index contributed by atoms with van der Waals surface area (Å²) >= 11 is 0. The average molecular weight is 390 g/mol. The van der Waals surface area contributed by atoms with Crippen molar-refractivity contribution in [3.8, 4) is 17.2 Å². The molecule has 1 atom stereocenters. The Bertz CT molecular complexity index is 825. The number of hydrogen-bond acceptors (Lipinski definition) is 7. The van der Waals surface area contributed by atoms with Crippen LogP contribution in [0.15, 0.2) is 24.3 Å². The van der Waals surface area contributed by atoms with Crippen molar-refractivity contribution in [2.45, 2.75) is 26.4 Å². The number of aromatic nitrogens is 1. The molecule has 152 valence electrons. The van der Waals surface area contributed by atoms with Crippen LogP contribution >= 0.6 is 0 Å². The lowest BCUT2D eigenvalue weighted by Crippen LogP contribution is -2.23. The van der Waals surface area contributed by atoms with E-state index in [0.717, 1.165) is 0 Å². The Hall–Kier alpha value is -3.00. The zero-order chi connectivity index (χ0) is 20.7. The minimum Gasteiger partial charge on any atom is -0.497 e. The van der Waals surface area contributed by atoms with Crippen molar-refractivity contribution in [3.05, 3.63) is 35.5 Å². The number of aromatic carboxylic acids is 1. The van der Waals surface area contributed by atoms with Crippen molar-refractivity contribution in [1.82, 2.24) is 4.98 Å². The second-order valence-electron chi connectivity index (χ2n) is 6.09. The standard InChI is InChI=1S/C20H26N2O6/c1-6-13(11-25-3)28-17-9-12(2)21-19(18(17)20(23)24)22-15-8-7-14(26-4)10-16(15)27-5/h7-10,13H,6,11H2,1-5H3,(H,21,22)(H,23,24). The first-order chi connectivity index (χ1) is 13.4. The molecule has 0 saturated heterocycles. The van der Waals surface area contributed by atoms with Crippen LogP contribution in [-0.4, -0.2) is 50.1 Å². The van der Waals surface area contributed by atoms with Crippen LogP contribution in [0.2, 0.25) is 0 Å². The summed E-state index contributed by atoms with van der Waals surface area (Å²) in [5.74, 6) is 0.363. The number of carboxylic acid groups (broad SMARTS) is 1. The number of aryl methyl sites for hydroxylation is 1. The number of methoxy groups -OCH3 is 3. The van der Waals surface area contributed by atoms with Crippen molar-refractivity contribution >= 4 is 17.5 Å². The Labute approximate surface area is 164 Å². The first kappa shape index (κ1) is 21.3. The predicted octanol–water partition coefficient (Wildman–Crippen LogP) is 3.65. The van der Waals surface area contributed by atoms with Gasteiger partial charge in [0.15, 0.2) is 0 Å². The van der Waals surface area contributed by atoms with Gasteiger partial charge in [0, 0.05) is 24.9 Å². The molecule has 8 heteroatoms. The molecular formula is C20H26N2O6. The molecule has 1 aromatic carbocycles. The number of rotatable bonds is 10. The van der Waals surface area contributed by atoms with Gasteiger partial charge in [-0.15, -0.1) is 0 Å². The molecule has 2 aromatic rings. The van der Waals surface area contributed by atoms with Gasteiger partial charge in [-0.2, -0.15) is 0 Å². The van der Waals surface area contributed by atoms with Crippen molar-refractivity contribution in [2.75, 3.05) is 33.3 Å². The lowest BCUT2D eigenvalue weighted by atomic mass is 10.2. The Morgan fingerprint density at radius 3 is 2.50 bits per heavy atom. The predicted molar refractivity (Wildman–Crippen MR) is 105 cm³/mol. The fourth-order valence-electron chi connectivity index (χ4n) is 2.66. The molecule has 2 N–H and O–H groups in total. The molecule has 8 nitrogen and oxygen atoms in total. The second kappa shape index (κ2) is 9.80. The van der Waals surface area contributed by atoms with Crippen LogP contribution < -0.4 is 19.5 Å². The summed E-state index contributed by atoms with van der Waals surface area (Å²) in [6.45, 7) is 4.07. The number of pyridine rings is 1. The highest BCUT2D eigenvalue weighted by Gasteiger charge is 2.23. The summed E-state index contributed by atoms with van der Waals surface area (Å²) in [5, 5.41) is 12.8. The third kappa shape index (κ3) is 5.04. The summed E-state index contributed by atoms with van der Waals surface area (Å²) < 4.78 is 21.6. The number of anilines is 2. The largest absolute Gasteiger partial charge is 0.497 e. The van der Waals surface area contributed by atoms with Crippen LogP contribution in [0, 0.1) is 6.92 Å². The van der Waals surface area contributed by atoms with Gasteiger partial charge in [0.25, 0.3) is 0 Å². The van der Waals surface area contributed by atoms with E-state index >= 15 is 0 Å². The van der Waals surface area contributed by atoms with E-state index in [1.54, 1.807) is 45.4 Å².